The Labute approximate surface area is 153 Å². The summed E-state index contributed by atoms with van der Waals surface area (Å²) in [6.45, 7) is 7.15. The Kier molecular flexibility index (Phi) is 5.19. The van der Waals surface area contributed by atoms with E-state index in [2.05, 4.69) is 15.8 Å². The number of hydrazone groups is 1. The van der Waals surface area contributed by atoms with Crippen molar-refractivity contribution in [3.8, 4) is 11.5 Å². The lowest BCUT2D eigenvalue weighted by Crippen LogP contribution is -2.25. The van der Waals surface area contributed by atoms with Crippen LogP contribution in [0, 0.1) is 13.8 Å². The minimum Gasteiger partial charge on any atom is -0.486 e. The van der Waals surface area contributed by atoms with Crippen LogP contribution in [0.15, 0.2) is 41.5 Å². The number of fused-ring (bicyclic) bond motifs is 1. The quantitative estimate of drug-likeness (QED) is 0.498. The number of thiocarbonyl (C=S) groups is 1. The van der Waals surface area contributed by atoms with E-state index in [1.165, 1.54) is 0 Å². The third-order valence-electron chi connectivity index (χ3n) is 4.00. The molecule has 0 spiro atoms. The maximum Gasteiger partial charge on any atom is 0.191 e. The van der Waals surface area contributed by atoms with E-state index in [4.69, 9.17) is 21.7 Å². The molecule has 5 nitrogen and oxygen atoms in total. The van der Waals surface area contributed by atoms with Crippen molar-refractivity contribution in [1.29, 1.82) is 0 Å². The zero-order valence-electron chi connectivity index (χ0n) is 14.6. The Balaban J connectivity index is 1.68. The first-order chi connectivity index (χ1) is 12.0. The highest BCUT2D eigenvalue weighted by molar-refractivity contribution is 7.80. The molecule has 6 heteroatoms. The Morgan fingerprint density at radius 1 is 1.04 bits per heavy atom. The molecule has 0 saturated carbocycles. The molecule has 0 bridgehead atoms. The normalized spacial score (nSPS) is 13.3. The van der Waals surface area contributed by atoms with Crippen molar-refractivity contribution in [3.05, 3.63) is 53.1 Å². The number of hydrogen-bond donors (Lipinski definition) is 2. The van der Waals surface area contributed by atoms with Crippen molar-refractivity contribution in [3.63, 3.8) is 0 Å². The van der Waals surface area contributed by atoms with Gasteiger partial charge in [-0.05, 0) is 62.3 Å². The summed E-state index contributed by atoms with van der Waals surface area (Å²) < 4.78 is 11.1. The first-order valence-corrected chi connectivity index (χ1v) is 8.53. The Morgan fingerprint density at radius 2 is 1.72 bits per heavy atom. The minimum atomic E-state index is 0.453. The average Bonchev–Trinajstić information content (AvgIpc) is 2.62. The molecular weight excluding hydrogens is 334 g/mol. The van der Waals surface area contributed by atoms with Crippen molar-refractivity contribution in [2.45, 2.75) is 20.8 Å². The van der Waals surface area contributed by atoms with Gasteiger partial charge < -0.3 is 14.8 Å². The molecule has 130 valence electrons. The van der Waals surface area contributed by atoms with Gasteiger partial charge in [0.05, 0.1) is 5.71 Å². The Morgan fingerprint density at radius 3 is 2.44 bits per heavy atom. The number of rotatable bonds is 3. The van der Waals surface area contributed by atoms with Gasteiger partial charge in [0.2, 0.25) is 0 Å². The second-order valence-corrected chi connectivity index (χ2v) is 6.30. The van der Waals surface area contributed by atoms with Crippen molar-refractivity contribution >= 4 is 28.7 Å². The highest BCUT2D eigenvalue weighted by atomic mass is 32.1. The lowest BCUT2D eigenvalue weighted by atomic mass is 10.1. The fraction of sp³-hybridized carbons (Fsp3) is 0.263. The summed E-state index contributed by atoms with van der Waals surface area (Å²) in [6, 6.07) is 11.9. The summed E-state index contributed by atoms with van der Waals surface area (Å²) in [7, 11) is 0. The van der Waals surface area contributed by atoms with Crippen LogP contribution in [0.3, 0.4) is 0 Å². The van der Waals surface area contributed by atoms with Crippen LogP contribution in [-0.2, 0) is 0 Å². The van der Waals surface area contributed by atoms with Crippen LogP contribution in [0.5, 0.6) is 11.5 Å². The molecular formula is C19H21N3O2S. The number of aryl methyl sites for hydroxylation is 2. The molecule has 25 heavy (non-hydrogen) atoms. The van der Waals surface area contributed by atoms with Crippen LogP contribution in [0.25, 0.3) is 0 Å². The molecule has 1 heterocycles. The average molecular weight is 355 g/mol. The van der Waals surface area contributed by atoms with E-state index in [-0.39, 0.29) is 0 Å². The molecule has 0 aromatic heterocycles. The van der Waals surface area contributed by atoms with Crippen LogP contribution in [0.2, 0.25) is 0 Å². The summed E-state index contributed by atoms with van der Waals surface area (Å²) in [5.41, 5.74) is 7.94. The molecule has 1 aliphatic rings. The first-order valence-electron chi connectivity index (χ1n) is 8.12. The fourth-order valence-corrected chi connectivity index (χ4v) is 2.77. The van der Waals surface area contributed by atoms with Crippen molar-refractivity contribution in [2.24, 2.45) is 5.10 Å². The maximum absolute atomic E-state index is 5.61. The molecule has 2 aromatic carbocycles. The molecule has 0 fully saturated rings. The molecule has 0 aliphatic carbocycles. The third-order valence-corrected chi connectivity index (χ3v) is 4.20. The molecule has 0 unspecified atom stereocenters. The standard InChI is InChI=1S/C19H21N3O2S/c1-12-5-4-6-13(2)18(12)20-19(25)22-21-14(3)15-7-8-16-17(11-15)24-10-9-23-16/h4-8,11H,9-10H2,1-3H3,(H2,20,22,25)/b21-14+. The summed E-state index contributed by atoms with van der Waals surface area (Å²) in [5.74, 6) is 1.51. The molecule has 2 aromatic rings. The van der Waals surface area contributed by atoms with Gasteiger partial charge in [-0.25, -0.2) is 0 Å². The number of anilines is 1. The van der Waals surface area contributed by atoms with E-state index >= 15 is 0 Å². The lowest BCUT2D eigenvalue weighted by Gasteiger charge is -2.18. The van der Waals surface area contributed by atoms with E-state index in [1.807, 2.05) is 57.2 Å². The molecule has 0 radical (unpaired) electrons. The number of para-hydroxylation sites is 1. The molecule has 0 amide bonds. The molecule has 3 rings (SSSR count). The smallest absolute Gasteiger partial charge is 0.191 e. The maximum atomic E-state index is 5.61. The minimum absolute atomic E-state index is 0.453. The highest BCUT2D eigenvalue weighted by Crippen LogP contribution is 2.30. The topological polar surface area (TPSA) is 54.9 Å². The summed E-state index contributed by atoms with van der Waals surface area (Å²) in [4.78, 5) is 0. The van der Waals surface area contributed by atoms with Crippen LogP contribution in [0.4, 0.5) is 5.69 Å². The second-order valence-electron chi connectivity index (χ2n) is 5.89. The largest absolute Gasteiger partial charge is 0.486 e. The van der Waals surface area contributed by atoms with Crippen molar-refractivity contribution in [2.75, 3.05) is 18.5 Å². The van der Waals surface area contributed by atoms with Gasteiger partial charge in [0.25, 0.3) is 0 Å². The second kappa shape index (κ2) is 7.53. The summed E-state index contributed by atoms with van der Waals surface area (Å²) in [5, 5.41) is 8.02. The molecule has 1 aliphatic heterocycles. The number of benzene rings is 2. The van der Waals surface area contributed by atoms with Crippen LogP contribution in [0.1, 0.15) is 23.6 Å². The molecule has 0 saturated heterocycles. The van der Waals surface area contributed by atoms with Gasteiger partial charge >= 0.3 is 0 Å². The van der Waals surface area contributed by atoms with Crippen molar-refractivity contribution in [1.82, 2.24) is 5.43 Å². The SMILES string of the molecule is C/C(=N\NC(=S)Nc1c(C)cccc1C)c1ccc2c(c1)OCCO2. The Hall–Kier alpha value is -2.60. The number of ether oxygens (including phenoxy) is 2. The lowest BCUT2D eigenvalue weighted by molar-refractivity contribution is 0.171. The number of hydrogen-bond acceptors (Lipinski definition) is 4. The van der Waals surface area contributed by atoms with Gasteiger partial charge in [-0.1, -0.05) is 18.2 Å². The molecule has 2 N–H and O–H groups in total. The van der Waals surface area contributed by atoms with Gasteiger partial charge in [-0.15, -0.1) is 0 Å². The zero-order valence-corrected chi connectivity index (χ0v) is 15.4. The predicted molar refractivity (Wildman–Crippen MR) is 105 cm³/mol. The predicted octanol–water partition coefficient (Wildman–Crippen LogP) is 3.79. The van der Waals surface area contributed by atoms with E-state index in [0.29, 0.717) is 18.3 Å². The zero-order chi connectivity index (χ0) is 17.8. The van der Waals surface area contributed by atoms with E-state index in [0.717, 1.165) is 39.6 Å². The third kappa shape index (κ3) is 4.09. The van der Waals surface area contributed by atoms with E-state index in [1.54, 1.807) is 0 Å². The van der Waals surface area contributed by atoms with Crippen LogP contribution < -0.4 is 20.2 Å². The summed E-state index contributed by atoms with van der Waals surface area (Å²) >= 11 is 5.35. The fourth-order valence-electron chi connectivity index (χ4n) is 2.62. The van der Waals surface area contributed by atoms with Crippen LogP contribution in [-0.4, -0.2) is 24.0 Å². The summed E-state index contributed by atoms with van der Waals surface area (Å²) in [6.07, 6.45) is 0. The van der Waals surface area contributed by atoms with Gasteiger partial charge in [0, 0.05) is 11.3 Å². The Bertz CT molecular complexity index is 813. The number of nitrogens with zero attached hydrogens (tertiary/aromatic N) is 1. The van der Waals surface area contributed by atoms with Gasteiger partial charge in [-0.3, -0.25) is 5.43 Å². The monoisotopic (exact) mass is 355 g/mol. The van der Waals surface area contributed by atoms with Gasteiger partial charge in [0.1, 0.15) is 13.2 Å². The highest BCUT2D eigenvalue weighted by Gasteiger charge is 2.12. The van der Waals surface area contributed by atoms with Crippen LogP contribution >= 0.6 is 12.2 Å². The van der Waals surface area contributed by atoms with Gasteiger partial charge in [-0.2, -0.15) is 5.10 Å². The first kappa shape index (κ1) is 17.2. The van der Waals surface area contributed by atoms with Crippen molar-refractivity contribution < 1.29 is 9.47 Å². The van der Waals surface area contributed by atoms with Gasteiger partial charge in [0.15, 0.2) is 16.6 Å². The molecule has 0 atom stereocenters. The number of nitrogens with one attached hydrogen (secondary N) is 2. The van der Waals surface area contributed by atoms with E-state index < -0.39 is 0 Å². The van der Waals surface area contributed by atoms with E-state index in [9.17, 15) is 0 Å².